The van der Waals surface area contributed by atoms with Crippen LogP contribution in [0.1, 0.15) is 30.5 Å². The minimum atomic E-state index is -1.57. The number of rotatable bonds is 12. The molecule has 4 unspecified atom stereocenters. The highest BCUT2D eigenvalue weighted by Gasteiger charge is 2.38. The Kier molecular flexibility index (Phi) is 8.79. The number of carboxylic acids is 1. The largest absolute Gasteiger partial charge is 0.480 e. The number of aliphatic carboxylic acids is 1. The van der Waals surface area contributed by atoms with Crippen LogP contribution >= 0.6 is 0 Å². The molecule has 4 atom stereocenters. The van der Waals surface area contributed by atoms with Gasteiger partial charge in [-0.1, -0.05) is 18.2 Å². The van der Waals surface area contributed by atoms with Gasteiger partial charge in [0, 0.05) is 42.0 Å². The first-order chi connectivity index (χ1) is 19.1. The highest BCUT2D eigenvalue weighted by molar-refractivity contribution is 5.95. The molecule has 40 heavy (non-hydrogen) atoms. The topological polar surface area (TPSA) is 229 Å². The maximum atomic E-state index is 13.4. The first-order valence-corrected chi connectivity index (χ1v) is 12.8. The summed E-state index contributed by atoms with van der Waals surface area (Å²) in [5.74, 6) is -4.15. The van der Waals surface area contributed by atoms with Crippen molar-refractivity contribution in [3.05, 3.63) is 54.2 Å². The average molecular weight is 553 g/mol. The molecule has 3 aromatic rings. The van der Waals surface area contributed by atoms with Crippen LogP contribution in [-0.4, -0.2) is 85.3 Å². The second-order valence-electron chi connectivity index (χ2n) is 9.77. The van der Waals surface area contributed by atoms with E-state index < -0.39 is 54.3 Å². The molecule has 0 spiro atoms. The standard InChI is InChI=1S/C26H32N8O6/c27-17(8-14-11-30-18-5-2-1-4-16(14)18)25(38)34-7-3-6-21(34)24(37)32-19(9-15-12-29-13-31-15)23(36)33-20(26(39)40)10-22(28)35/h1-2,4-5,11-13,17,19-21,30H,3,6-10,27H2,(H2,28,35)(H,29,31)(H,32,37)(H,33,36)(H,39,40). The van der Waals surface area contributed by atoms with E-state index in [2.05, 4.69) is 25.6 Å². The summed E-state index contributed by atoms with van der Waals surface area (Å²) in [6.45, 7) is 0.329. The Hall–Kier alpha value is -4.72. The molecule has 1 aliphatic heterocycles. The SMILES string of the molecule is NC(=O)CC(NC(=O)C(Cc1cnc[nH]1)NC(=O)C1CCCN1C(=O)C(N)Cc1c[nH]c2ccccc12)C(=O)O. The minimum absolute atomic E-state index is 0.0404. The van der Waals surface area contributed by atoms with Gasteiger partial charge < -0.3 is 42.1 Å². The number of imidazole rings is 1. The third-order valence-corrected chi connectivity index (χ3v) is 6.90. The van der Waals surface area contributed by atoms with Crippen LogP contribution < -0.4 is 22.1 Å². The van der Waals surface area contributed by atoms with Gasteiger partial charge in [-0.3, -0.25) is 19.2 Å². The highest BCUT2D eigenvalue weighted by atomic mass is 16.4. The lowest BCUT2D eigenvalue weighted by Crippen LogP contribution is -2.57. The van der Waals surface area contributed by atoms with E-state index in [1.165, 1.54) is 17.4 Å². The number of aromatic amines is 2. The van der Waals surface area contributed by atoms with Gasteiger partial charge in [-0.2, -0.15) is 0 Å². The van der Waals surface area contributed by atoms with E-state index in [9.17, 15) is 29.1 Å². The quantitative estimate of drug-likeness (QED) is 0.146. The van der Waals surface area contributed by atoms with Gasteiger partial charge in [-0.25, -0.2) is 9.78 Å². The van der Waals surface area contributed by atoms with E-state index in [0.717, 1.165) is 16.5 Å². The zero-order valence-corrected chi connectivity index (χ0v) is 21.6. The minimum Gasteiger partial charge on any atom is -0.480 e. The Bertz CT molecular complexity index is 1390. The smallest absolute Gasteiger partial charge is 0.326 e. The van der Waals surface area contributed by atoms with Crippen molar-refractivity contribution < 1.29 is 29.1 Å². The van der Waals surface area contributed by atoms with Crippen LogP contribution in [0.25, 0.3) is 10.9 Å². The van der Waals surface area contributed by atoms with Crippen LogP contribution in [0.4, 0.5) is 0 Å². The zero-order chi connectivity index (χ0) is 28.8. The predicted molar refractivity (Wildman–Crippen MR) is 142 cm³/mol. The summed E-state index contributed by atoms with van der Waals surface area (Å²) in [4.78, 5) is 73.9. The molecule has 14 nitrogen and oxygen atoms in total. The van der Waals surface area contributed by atoms with Crippen molar-refractivity contribution in [3.63, 3.8) is 0 Å². The fraction of sp³-hybridized carbons (Fsp3) is 0.385. The normalized spacial score (nSPS) is 17.2. The van der Waals surface area contributed by atoms with Crippen LogP contribution in [0.3, 0.4) is 0 Å². The number of nitrogens with one attached hydrogen (secondary N) is 4. The fourth-order valence-electron chi connectivity index (χ4n) is 4.91. The summed E-state index contributed by atoms with van der Waals surface area (Å²) in [7, 11) is 0. The number of primary amides is 1. The number of nitrogens with zero attached hydrogens (tertiary/aromatic N) is 2. The van der Waals surface area contributed by atoms with Gasteiger partial charge in [0.15, 0.2) is 0 Å². The number of hydrogen-bond donors (Lipinski definition) is 7. The van der Waals surface area contributed by atoms with Gasteiger partial charge in [0.2, 0.25) is 23.6 Å². The Balaban J connectivity index is 1.45. The molecular weight excluding hydrogens is 520 g/mol. The molecule has 0 bridgehead atoms. The maximum Gasteiger partial charge on any atom is 0.326 e. The van der Waals surface area contributed by atoms with E-state index in [0.29, 0.717) is 25.1 Å². The number of carbonyl (C=O) groups is 5. The molecule has 1 aliphatic rings. The lowest BCUT2D eigenvalue weighted by molar-refractivity contribution is -0.144. The van der Waals surface area contributed by atoms with Crippen molar-refractivity contribution in [3.8, 4) is 0 Å². The summed E-state index contributed by atoms with van der Waals surface area (Å²) in [6, 6.07) is 3.12. The molecule has 14 heteroatoms. The monoisotopic (exact) mass is 552 g/mol. The number of carbonyl (C=O) groups excluding carboxylic acids is 4. The molecule has 9 N–H and O–H groups in total. The van der Waals surface area contributed by atoms with Crippen LogP contribution in [0, 0.1) is 0 Å². The van der Waals surface area contributed by atoms with Crippen molar-refractivity contribution in [1.82, 2.24) is 30.5 Å². The third-order valence-electron chi connectivity index (χ3n) is 6.90. The maximum absolute atomic E-state index is 13.4. The van der Waals surface area contributed by atoms with E-state index in [4.69, 9.17) is 11.5 Å². The number of amides is 4. The van der Waals surface area contributed by atoms with Gasteiger partial charge in [0.05, 0.1) is 18.8 Å². The molecule has 212 valence electrons. The molecule has 1 fully saturated rings. The van der Waals surface area contributed by atoms with Gasteiger partial charge in [-0.15, -0.1) is 0 Å². The van der Waals surface area contributed by atoms with Crippen molar-refractivity contribution in [1.29, 1.82) is 0 Å². The second-order valence-corrected chi connectivity index (χ2v) is 9.77. The van der Waals surface area contributed by atoms with Crippen molar-refractivity contribution in [2.45, 2.75) is 56.3 Å². The van der Waals surface area contributed by atoms with Crippen LogP contribution in [0.15, 0.2) is 43.0 Å². The van der Waals surface area contributed by atoms with Gasteiger partial charge >= 0.3 is 5.97 Å². The number of benzene rings is 1. The van der Waals surface area contributed by atoms with E-state index >= 15 is 0 Å². The second kappa shape index (κ2) is 12.4. The number of fused-ring (bicyclic) bond motifs is 1. The fourth-order valence-corrected chi connectivity index (χ4v) is 4.91. The summed E-state index contributed by atoms with van der Waals surface area (Å²) in [5, 5.41) is 15.2. The molecule has 2 aromatic heterocycles. The van der Waals surface area contributed by atoms with Crippen LogP contribution in [0.5, 0.6) is 0 Å². The molecule has 3 heterocycles. The van der Waals surface area contributed by atoms with Crippen molar-refractivity contribution in [2.75, 3.05) is 6.54 Å². The van der Waals surface area contributed by atoms with Crippen molar-refractivity contribution >= 4 is 40.5 Å². The third kappa shape index (κ3) is 6.64. The molecular formula is C26H32N8O6. The van der Waals surface area contributed by atoms with Gasteiger partial charge in [0.25, 0.3) is 0 Å². The molecule has 4 rings (SSSR count). The van der Waals surface area contributed by atoms with Gasteiger partial charge in [-0.05, 0) is 30.9 Å². The first kappa shape index (κ1) is 28.3. The molecule has 1 saturated heterocycles. The Labute approximate surface area is 228 Å². The summed E-state index contributed by atoms with van der Waals surface area (Å²) < 4.78 is 0. The Morgan fingerprint density at radius 1 is 1.10 bits per heavy atom. The van der Waals surface area contributed by atoms with Gasteiger partial charge in [0.1, 0.15) is 18.1 Å². The summed E-state index contributed by atoms with van der Waals surface area (Å²) >= 11 is 0. The first-order valence-electron chi connectivity index (χ1n) is 12.8. The number of nitrogens with two attached hydrogens (primary N) is 2. The molecule has 0 aliphatic carbocycles. The summed E-state index contributed by atoms with van der Waals surface area (Å²) in [5.41, 5.74) is 13.7. The predicted octanol–water partition coefficient (Wildman–Crippen LogP) is -1.08. The summed E-state index contributed by atoms with van der Waals surface area (Å²) in [6.07, 6.45) is 5.22. The van der Waals surface area contributed by atoms with E-state index in [1.807, 2.05) is 30.5 Å². The number of para-hydroxylation sites is 1. The van der Waals surface area contributed by atoms with E-state index in [1.54, 1.807) is 0 Å². The van der Waals surface area contributed by atoms with Crippen molar-refractivity contribution in [2.24, 2.45) is 11.5 Å². The van der Waals surface area contributed by atoms with Crippen LogP contribution in [0.2, 0.25) is 0 Å². The zero-order valence-electron chi connectivity index (χ0n) is 21.6. The molecule has 1 aromatic carbocycles. The highest BCUT2D eigenvalue weighted by Crippen LogP contribution is 2.22. The van der Waals surface area contributed by atoms with Crippen LogP contribution in [-0.2, 0) is 36.8 Å². The number of H-pyrrole nitrogens is 2. The number of carboxylic acid groups (broad SMARTS) is 1. The number of aromatic nitrogens is 3. The molecule has 0 saturated carbocycles. The average Bonchev–Trinajstić information content (AvgIpc) is 3.69. The van der Waals surface area contributed by atoms with E-state index in [-0.39, 0.29) is 18.7 Å². The molecule has 4 amide bonds. The Morgan fingerprint density at radius 2 is 1.88 bits per heavy atom. The lowest BCUT2D eigenvalue weighted by Gasteiger charge is -2.28. The number of hydrogen-bond acceptors (Lipinski definition) is 7. The Morgan fingerprint density at radius 3 is 2.58 bits per heavy atom. The lowest BCUT2D eigenvalue weighted by atomic mass is 10.0. The molecule has 0 radical (unpaired) electrons. The number of likely N-dealkylation sites (tertiary alicyclic amines) is 1.